The van der Waals surface area contributed by atoms with Crippen molar-refractivity contribution in [2.75, 3.05) is 13.1 Å². The Balaban J connectivity index is 2.02. The van der Waals surface area contributed by atoms with Crippen molar-refractivity contribution in [1.29, 1.82) is 0 Å². The fraction of sp³-hybridized carbons (Fsp3) is 0.571. The normalized spacial score (nSPS) is 22.4. The van der Waals surface area contributed by atoms with Gasteiger partial charge in [-0.1, -0.05) is 6.92 Å². The summed E-state index contributed by atoms with van der Waals surface area (Å²) in [6, 6.07) is 4.16. The lowest BCUT2D eigenvalue weighted by molar-refractivity contribution is 0.269. The Bertz CT molecular complexity index is 380. The van der Waals surface area contributed by atoms with Gasteiger partial charge < -0.3 is 5.11 Å². The number of phenols is 1. The van der Waals surface area contributed by atoms with Gasteiger partial charge in [-0.25, -0.2) is 4.39 Å². The van der Waals surface area contributed by atoms with Crippen LogP contribution < -0.4 is 0 Å². The number of hydrogen-bond donors (Lipinski definition) is 1. The zero-order valence-electron chi connectivity index (χ0n) is 10.3. The summed E-state index contributed by atoms with van der Waals surface area (Å²) in [6.45, 7) is 5.01. The third-order valence-corrected chi connectivity index (χ3v) is 3.54. The van der Waals surface area contributed by atoms with Gasteiger partial charge in [-0.3, -0.25) is 4.90 Å². The lowest BCUT2D eigenvalue weighted by atomic mass is 10.0. The zero-order valence-corrected chi connectivity index (χ0v) is 10.3. The molecule has 94 valence electrons. The molecular formula is C14H20FNO. The summed E-state index contributed by atoms with van der Waals surface area (Å²) in [5.41, 5.74) is 0.694. The summed E-state index contributed by atoms with van der Waals surface area (Å²) in [5, 5.41) is 9.69. The highest BCUT2D eigenvalue weighted by Crippen LogP contribution is 2.22. The van der Waals surface area contributed by atoms with Crippen molar-refractivity contribution in [3.8, 4) is 5.75 Å². The van der Waals surface area contributed by atoms with Gasteiger partial charge in [-0.05, 0) is 56.5 Å². The standard InChI is InChI=1S/C14H20FNO/c1-11-3-2-7-16(8-6-11)10-12-9-13(15)4-5-14(12)17/h4-5,9,11,17H,2-3,6-8,10H2,1H3. The molecule has 2 rings (SSSR count). The number of nitrogens with zero attached hydrogens (tertiary/aromatic N) is 1. The molecule has 0 spiro atoms. The molecule has 1 N–H and O–H groups in total. The zero-order chi connectivity index (χ0) is 12.3. The molecule has 1 aromatic carbocycles. The van der Waals surface area contributed by atoms with Gasteiger partial charge in [0.2, 0.25) is 0 Å². The van der Waals surface area contributed by atoms with Crippen LogP contribution >= 0.6 is 0 Å². The third-order valence-electron chi connectivity index (χ3n) is 3.54. The van der Waals surface area contributed by atoms with Crippen molar-refractivity contribution in [3.05, 3.63) is 29.6 Å². The summed E-state index contributed by atoms with van der Waals surface area (Å²) in [6.07, 6.45) is 3.65. The number of halogens is 1. The summed E-state index contributed by atoms with van der Waals surface area (Å²) >= 11 is 0. The van der Waals surface area contributed by atoms with Crippen LogP contribution in [0.5, 0.6) is 5.75 Å². The average Bonchev–Trinajstić information content (AvgIpc) is 2.49. The highest BCUT2D eigenvalue weighted by Gasteiger charge is 2.15. The van der Waals surface area contributed by atoms with Crippen molar-refractivity contribution in [2.45, 2.75) is 32.7 Å². The molecule has 1 unspecified atom stereocenters. The minimum Gasteiger partial charge on any atom is -0.508 e. The van der Waals surface area contributed by atoms with Crippen molar-refractivity contribution in [2.24, 2.45) is 5.92 Å². The topological polar surface area (TPSA) is 23.5 Å². The number of phenolic OH excluding ortho intramolecular Hbond substituents is 1. The van der Waals surface area contributed by atoms with Gasteiger partial charge in [-0.2, -0.15) is 0 Å². The first-order valence-electron chi connectivity index (χ1n) is 6.35. The van der Waals surface area contributed by atoms with E-state index in [1.165, 1.54) is 37.5 Å². The number of aromatic hydroxyl groups is 1. The Morgan fingerprint density at radius 1 is 1.35 bits per heavy atom. The minimum atomic E-state index is -0.277. The minimum absolute atomic E-state index is 0.198. The van der Waals surface area contributed by atoms with Gasteiger partial charge in [0.1, 0.15) is 11.6 Å². The SMILES string of the molecule is CC1CCCN(Cc2cc(F)ccc2O)CC1. The first-order chi connectivity index (χ1) is 8.15. The molecule has 17 heavy (non-hydrogen) atoms. The molecule has 1 atom stereocenters. The Labute approximate surface area is 102 Å². The van der Waals surface area contributed by atoms with E-state index in [0.29, 0.717) is 12.1 Å². The average molecular weight is 237 g/mol. The Hall–Kier alpha value is -1.09. The van der Waals surface area contributed by atoms with Crippen molar-refractivity contribution in [3.63, 3.8) is 0 Å². The van der Waals surface area contributed by atoms with Crippen LogP contribution in [0.25, 0.3) is 0 Å². The molecule has 1 fully saturated rings. The van der Waals surface area contributed by atoms with Crippen LogP contribution in [0.3, 0.4) is 0 Å². The van der Waals surface area contributed by atoms with E-state index in [9.17, 15) is 9.50 Å². The first kappa shape index (κ1) is 12.4. The molecule has 0 bridgehead atoms. The highest BCUT2D eigenvalue weighted by atomic mass is 19.1. The molecule has 0 aliphatic carbocycles. The van der Waals surface area contributed by atoms with E-state index in [1.807, 2.05) is 0 Å². The summed E-state index contributed by atoms with van der Waals surface area (Å²) < 4.78 is 13.1. The van der Waals surface area contributed by atoms with Crippen LogP contribution in [0.1, 0.15) is 31.7 Å². The van der Waals surface area contributed by atoms with E-state index in [4.69, 9.17) is 0 Å². The van der Waals surface area contributed by atoms with Gasteiger partial charge in [0.05, 0.1) is 0 Å². The van der Waals surface area contributed by atoms with Crippen LogP contribution in [-0.4, -0.2) is 23.1 Å². The monoisotopic (exact) mass is 237 g/mol. The smallest absolute Gasteiger partial charge is 0.123 e. The van der Waals surface area contributed by atoms with Crippen molar-refractivity contribution < 1.29 is 9.50 Å². The second-order valence-electron chi connectivity index (χ2n) is 5.09. The van der Waals surface area contributed by atoms with Gasteiger partial charge in [0, 0.05) is 12.1 Å². The largest absolute Gasteiger partial charge is 0.508 e. The van der Waals surface area contributed by atoms with E-state index >= 15 is 0 Å². The summed E-state index contributed by atoms with van der Waals surface area (Å²) in [7, 11) is 0. The predicted octanol–water partition coefficient (Wildman–Crippen LogP) is 3.15. The fourth-order valence-corrected chi connectivity index (χ4v) is 2.40. The lowest BCUT2D eigenvalue weighted by Crippen LogP contribution is -2.24. The second-order valence-corrected chi connectivity index (χ2v) is 5.09. The Kier molecular flexibility index (Phi) is 4.00. The molecule has 0 aromatic heterocycles. The molecule has 1 heterocycles. The van der Waals surface area contributed by atoms with Crippen LogP contribution in [0, 0.1) is 11.7 Å². The van der Waals surface area contributed by atoms with Crippen LogP contribution in [0.15, 0.2) is 18.2 Å². The highest BCUT2D eigenvalue weighted by molar-refractivity contribution is 5.32. The van der Waals surface area contributed by atoms with Crippen LogP contribution in [0.4, 0.5) is 4.39 Å². The Morgan fingerprint density at radius 2 is 2.18 bits per heavy atom. The quantitative estimate of drug-likeness (QED) is 0.854. The van der Waals surface area contributed by atoms with Crippen molar-refractivity contribution in [1.82, 2.24) is 4.90 Å². The number of likely N-dealkylation sites (tertiary alicyclic amines) is 1. The summed E-state index contributed by atoms with van der Waals surface area (Å²) in [5.74, 6) is 0.700. The van der Waals surface area contributed by atoms with E-state index in [1.54, 1.807) is 0 Å². The maximum absolute atomic E-state index is 13.1. The van der Waals surface area contributed by atoms with E-state index in [0.717, 1.165) is 19.0 Å². The van der Waals surface area contributed by atoms with Crippen LogP contribution in [0.2, 0.25) is 0 Å². The molecule has 1 aromatic rings. The fourth-order valence-electron chi connectivity index (χ4n) is 2.40. The lowest BCUT2D eigenvalue weighted by Gasteiger charge is -2.20. The van der Waals surface area contributed by atoms with Gasteiger partial charge in [-0.15, -0.1) is 0 Å². The number of benzene rings is 1. The van der Waals surface area contributed by atoms with Gasteiger partial charge >= 0.3 is 0 Å². The molecule has 1 aliphatic heterocycles. The van der Waals surface area contributed by atoms with Gasteiger partial charge in [0.25, 0.3) is 0 Å². The molecule has 2 nitrogen and oxygen atoms in total. The van der Waals surface area contributed by atoms with E-state index in [-0.39, 0.29) is 11.6 Å². The number of rotatable bonds is 2. The third kappa shape index (κ3) is 3.43. The molecule has 0 radical (unpaired) electrons. The molecule has 0 amide bonds. The molecule has 1 saturated heterocycles. The second kappa shape index (κ2) is 5.50. The van der Waals surface area contributed by atoms with E-state index in [2.05, 4.69) is 11.8 Å². The van der Waals surface area contributed by atoms with E-state index < -0.39 is 0 Å². The summed E-state index contributed by atoms with van der Waals surface area (Å²) in [4.78, 5) is 2.30. The first-order valence-corrected chi connectivity index (χ1v) is 6.35. The number of hydrogen-bond acceptors (Lipinski definition) is 2. The maximum atomic E-state index is 13.1. The Morgan fingerprint density at radius 3 is 3.00 bits per heavy atom. The molecular weight excluding hydrogens is 217 g/mol. The van der Waals surface area contributed by atoms with Crippen molar-refractivity contribution >= 4 is 0 Å². The van der Waals surface area contributed by atoms with Gasteiger partial charge in [0.15, 0.2) is 0 Å². The molecule has 3 heteroatoms. The predicted molar refractivity (Wildman–Crippen MR) is 66.4 cm³/mol. The van der Waals surface area contributed by atoms with Crippen LogP contribution in [-0.2, 0) is 6.54 Å². The molecule has 1 aliphatic rings. The molecule has 0 saturated carbocycles. The maximum Gasteiger partial charge on any atom is 0.123 e.